The fraction of sp³-hybridized carbons (Fsp3) is 0.250. The maximum absolute atomic E-state index is 12.5. The van der Waals surface area contributed by atoms with Crippen LogP contribution in [0, 0.1) is 25.2 Å². The number of ether oxygens (including phenoxy) is 3. The highest BCUT2D eigenvalue weighted by atomic mass is 32.2. The van der Waals surface area contributed by atoms with E-state index >= 15 is 0 Å². The molecular formula is C24H23N3O6S. The average Bonchev–Trinajstić information content (AvgIpc) is 3.17. The largest absolute Gasteiger partial charge is 0.493 e. The summed E-state index contributed by atoms with van der Waals surface area (Å²) in [6, 6.07) is 13.7. The van der Waals surface area contributed by atoms with Crippen LogP contribution in [-0.2, 0) is 16.1 Å². The molecule has 0 radical (unpaired) electrons. The van der Waals surface area contributed by atoms with Crippen molar-refractivity contribution >= 4 is 29.3 Å². The van der Waals surface area contributed by atoms with Crippen molar-refractivity contribution in [3.63, 3.8) is 0 Å². The van der Waals surface area contributed by atoms with Crippen LogP contribution < -0.4 is 14.8 Å². The molecular weight excluding hydrogens is 458 g/mol. The number of rotatable bonds is 10. The Labute approximate surface area is 201 Å². The van der Waals surface area contributed by atoms with Gasteiger partial charge in [0.25, 0.3) is 5.91 Å². The van der Waals surface area contributed by atoms with Crippen LogP contribution >= 0.6 is 11.8 Å². The minimum Gasteiger partial charge on any atom is -0.493 e. The van der Waals surface area contributed by atoms with Crippen molar-refractivity contribution in [1.82, 2.24) is 5.16 Å². The molecule has 34 heavy (non-hydrogen) atoms. The smallest absolute Gasteiger partial charge is 0.338 e. The zero-order valence-electron chi connectivity index (χ0n) is 18.9. The van der Waals surface area contributed by atoms with Gasteiger partial charge in [0.15, 0.2) is 18.1 Å². The fourth-order valence-electron chi connectivity index (χ4n) is 2.98. The number of aryl methyl sites for hydroxylation is 2. The molecule has 3 aromatic rings. The Balaban J connectivity index is 1.58. The van der Waals surface area contributed by atoms with Crippen LogP contribution in [0.1, 0.15) is 27.4 Å². The summed E-state index contributed by atoms with van der Waals surface area (Å²) < 4.78 is 21.4. The Bertz CT molecular complexity index is 1200. The van der Waals surface area contributed by atoms with Crippen LogP contribution in [0.2, 0.25) is 0 Å². The summed E-state index contributed by atoms with van der Waals surface area (Å²) in [6.07, 6.45) is 0. The number of amides is 1. The molecule has 0 fully saturated rings. The first-order valence-corrected chi connectivity index (χ1v) is 11.2. The Kier molecular flexibility index (Phi) is 8.54. The van der Waals surface area contributed by atoms with Gasteiger partial charge in [0.1, 0.15) is 12.4 Å². The summed E-state index contributed by atoms with van der Waals surface area (Å²) in [7, 11) is 1.46. The maximum atomic E-state index is 12.5. The van der Waals surface area contributed by atoms with Crippen LogP contribution in [0.25, 0.3) is 0 Å². The van der Waals surface area contributed by atoms with Gasteiger partial charge in [0.2, 0.25) is 0 Å². The number of thioether (sulfide) groups is 1. The number of methoxy groups -OCH3 is 1. The Morgan fingerprint density at radius 3 is 2.68 bits per heavy atom. The minimum absolute atomic E-state index is 0.208. The normalized spacial score (nSPS) is 10.3. The molecule has 0 spiro atoms. The second-order valence-electron chi connectivity index (χ2n) is 7.02. The predicted octanol–water partition coefficient (Wildman–Crippen LogP) is 4.29. The van der Waals surface area contributed by atoms with Gasteiger partial charge in [-0.1, -0.05) is 17.3 Å². The first-order chi connectivity index (χ1) is 16.4. The number of carbonyl (C=O) groups is 2. The van der Waals surface area contributed by atoms with Crippen molar-refractivity contribution in [1.29, 1.82) is 5.26 Å². The van der Waals surface area contributed by atoms with E-state index in [9.17, 15) is 9.59 Å². The number of benzene rings is 2. The molecule has 2 aromatic carbocycles. The van der Waals surface area contributed by atoms with Gasteiger partial charge in [-0.25, -0.2) is 4.79 Å². The number of hydrogen-bond donors (Lipinski definition) is 1. The number of hydrogen-bond acceptors (Lipinski definition) is 9. The molecule has 1 amide bonds. The van der Waals surface area contributed by atoms with E-state index in [1.165, 1.54) is 31.0 Å². The maximum Gasteiger partial charge on any atom is 0.338 e. The summed E-state index contributed by atoms with van der Waals surface area (Å²) in [5, 5.41) is 15.4. The van der Waals surface area contributed by atoms with Crippen LogP contribution in [-0.4, -0.2) is 36.5 Å². The summed E-state index contributed by atoms with van der Waals surface area (Å²) in [4.78, 5) is 25.5. The van der Waals surface area contributed by atoms with Gasteiger partial charge >= 0.3 is 5.97 Å². The highest BCUT2D eigenvalue weighted by molar-refractivity contribution is 7.99. The minimum atomic E-state index is -0.683. The van der Waals surface area contributed by atoms with E-state index in [0.717, 1.165) is 16.2 Å². The lowest BCUT2D eigenvalue weighted by Gasteiger charge is -2.12. The van der Waals surface area contributed by atoms with Gasteiger partial charge in [0.05, 0.1) is 41.4 Å². The molecule has 0 unspecified atom stereocenters. The number of esters is 1. The van der Waals surface area contributed by atoms with E-state index in [2.05, 4.69) is 10.5 Å². The first-order valence-electron chi connectivity index (χ1n) is 10.2. The molecule has 0 aliphatic heterocycles. The third-order valence-corrected chi connectivity index (χ3v) is 5.68. The van der Waals surface area contributed by atoms with E-state index in [0.29, 0.717) is 22.9 Å². The Morgan fingerprint density at radius 2 is 1.97 bits per heavy atom. The van der Waals surface area contributed by atoms with E-state index in [1.807, 2.05) is 19.1 Å². The van der Waals surface area contributed by atoms with Gasteiger partial charge in [-0.05, 0) is 44.2 Å². The van der Waals surface area contributed by atoms with Crippen molar-refractivity contribution in [3.8, 4) is 17.6 Å². The van der Waals surface area contributed by atoms with Crippen LogP contribution in [0.5, 0.6) is 11.5 Å². The summed E-state index contributed by atoms with van der Waals surface area (Å²) in [5.74, 6) is 0.517. The standard InChI is InChI=1S/C24H23N3O6S/c1-15-18(16(2)33-27-15)13-31-20-9-8-17(12-21(20)30-3)24(29)32-14-23(28)26-19-6-4-5-7-22(19)34-11-10-25/h4-9,12H,11,13-14H2,1-3H3,(H,26,28). The van der Waals surface area contributed by atoms with Crippen molar-refractivity contribution in [2.24, 2.45) is 0 Å². The number of anilines is 1. The number of carbonyl (C=O) groups excluding carboxylic acids is 2. The molecule has 1 aromatic heterocycles. The topological polar surface area (TPSA) is 124 Å². The molecule has 0 bridgehead atoms. The molecule has 0 saturated carbocycles. The Hall–Kier alpha value is -3.97. The van der Waals surface area contributed by atoms with Crippen LogP contribution in [0.3, 0.4) is 0 Å². The molecule has 0 aliphatic carbocycles. The molecule has 0 aliphatic rings. The third-order valence-electron chi connectivity index (χ3n) is 4.74. The van der Waals surface area contributed by atoms with Crippen molar-refractivity contribution in [2.75, 3.05) is 24.8 Å². The van der Waals surface area contributed by atoms with Gasteiger partial charge in [-0.2, -0.15) is 5.26 Å². The third kappa shape index (κ3) is 6.30. The molecule has 9 nitrogen and oxygen atoms in total. The quantitative estimate of drug-likeness (QED) is 0.333. The van der Waals surface area contributed by atoms with E-state index in [4.69, 9.17) is 24.0 Å². The number of nitrogens with one attached hydrogen (secondary N) is 1. The summed E-state index contributed by atoms with van der Waals surface area (Å²) >= 11 is 1.30. The Morgan fingerprint density at radius 1 is 1.18 bits per heavy atom. The van der Waals surface area contributed by atoms with Crippen molar-refractivity contribution in [2.45, 2.75) is 25.3 Å². The van der Waals surface area contributed by atoms with Gasteiger partial charge in [-0.3, -0.25) is 4.79 Å². The second-order valence-corrected chi connectivity index (χ2v) is 8.04. The number of para-hydroxylation sites is 1. The van der Waals surface area contributed by atoms with Crippen molar-refractivity contribution in [3.05, 3.63) is 65.0 Å². The van der Waals surface area contributed by atoms with E-state index < -0.39 is 18.5 Å². The molecule has 176 valence electrons. The first kappa shape index (κ1) is 24.7. The van der Waals surface area contributed by atoms with Gasteiger partial charge < -0.3 is 24.1 Å². The molecule has 1 N–H and O–H groups in total. The lowest BCUT2D eigenvalue weighted by atomic mass is 10.2. The number of nitriles is 1. The second kappa shape index (κ2) is 11.8. The van der Waals surface area contributed by atoms with E-state index in [-0.39, 0.29) is 17.9 Å². The molecule has 0 atom stereocenters. The number of aromatic nitrogens is 1. The summed E-state index contributed by atoms with van der Waals surface area (Å²) in [5.41, 5.74) is 2.33. The molecule has 10 heteroatoms. The monoisotopic (exact) mass is 481 g/mol. The summed E-state index contributed by atoms with van der Waals surface area (Å²) in [6.45, 7) is 3.39. The molecule has 1 heterocycles. The van der Waals surface area contributed by atoms with Gasteiger partial charge in [-0.15, -0.1) is 11.8 Å². The highest BCUT2D eigenvalue weighted by Gasteiger charge is 2.16. The lowest BCUT2D eigenvalue weighted by Crippen LogP contribution is -2.21. The zero-order chi connectivity index (χ0) is 24.5. The number of nitrogens with zero attached hydrogens (tertiary/aromatic N) is 2. The van der Waals surface area contributed by atoms with Gasteiger partial charge in [0, 0.05) is 4.90 Å². The van der Waals surface area contributed by atoms with Crippen molar-refractivity contribution < 1.29 is 28.3 Å². The molecule has 3 rings (SSSR count). The molecule has 0 saturated heterocycles. The SMILES string of the molecule is COc1cc(C(=O)OCC(=O)Nc2ccccc2SCC#N)ccc1OCc1c(C)noc1C. The highest BCUT2D eigenvalue weighted by Crippen LogP contribution is 2.30. The fourth-order valence-corrected chi connectivity index (χ4v) is 3.65. The zero-order valence-corrected chi connectivity index (χ0v) is 19.7. The van der Waals surface area contributed by atoms with E-state index in [1.54, 1.807) is 31.2 Å². The van der Waals surface area contributed by atoms with Crippen LogP contribution in [0.4, 0.5) is 5.69 Å². The average molecular weight is 482 g/mol. The van der Waals surface area contributed by atoms with Crippen LogP contribution in [0.15, 0.2) is 51.9 Å². The predicted molar refractivity (Wildman–Crippen MR) is 125 cm³/mol. The lowest BCUT2D eigenvalue weighted by molar-refractivity contribution is -0.119.